The summed E-state index contributed by atoms with van der Waals surface area (Å²) in [4.78, 5) is 1.16. The van der Waals surface area contributed by atoms with E-state index in [1.807, 2.05) is 18.2 Å². The van der Waals surface area contributed by atoms with Crippen LogP contribution >= 0.6 is 11.8 Å². The Hall–Kier alpha value is -1.21. The maximum Gasteiger partial charge on any atom is 0.0231 e. The smallest absolute Gasteiger partial charge is 0.0231 e. The van der Waals surface area contributed by atoms with Gasteiger partial charge in [-0.25, -0.2) is 0 Å². The largest absolute Gasteiger partial charge is 0.121 e. The summed E-state index contributed by atoms with van der Waals surface area (Å²) in [5, 5.41) is 0. The van der Waals surface area contributed by atoms with Crippen LogP contribution in [-0.2, 0) is 5.75 Å². The zero-order valence-electron chi connectivity index (χ0n) is 8.15. The fourth-order valence-corrected chi connectivity index (χ4v) is 1.87. The molecule has 0 bridgehead atoms. The maximum absolute atomic E-state index is 3.76. The minimum Gasteiger partial charge on any atom is -0.121 e. The van der Waals surface area contributed by atoms with Crippen LogP contribution in [0.15, 0.2) is 66.6 Å². The lowest BCUT2D eigenvalue weighted by atomic mass is 10.2. The van der Waals surface area contributed by atoms with Crippen molar-refractivity contribution in [2.24, 2.45) is 0 Å². The maximum atomic E-state index is 3.76. The van der Waals surface area contributed by atoms with E-state index >= 15 is 0 Å². The van der Waals surface area contributed by atoms with Crippen LogP contribution in [0.3, 0.4) is 0 Å². The molecule has 0 spiro atoms. The summed E-state index contributed by atoms with van der Waals surface area (Å²) in [7, 11) is 0. The number of hydrogen-bond donors (Lipinski definition) is 0. The van der Waals surface area contributed by atoms with Gasteiger partial charge in [-0.05, 0) is 11.6 Å². The van der Waals surface area contributed by atoms with Gasteiger partial charge in [-0.2, -0.15) is 0 Å². The molecule has 0 aliphatic carbocycles. The Morgan fingerprint density at radius 3 is 2.50 bits per heavy atom. The van der Waals surface area contributed by atoms with Crippen molar-refractivity contribution in [2.45, 2.75) is 5.75 Å². The summed E-state index contributed by atoms with van der Waals surface area (Å²) in [6, 6.07) is 10.4. The van der Waals surface area contributed by atoms with Crippen molar-refractivity contribution < 1.29 is 0 Å². The van der Waals surface area contributed by atoms with E-state index in [0.29, 0.717) is 0 Å². The molecular formula is C13H14S. The Bertz CT molecular complexity index is 322. The summed E-state index contributed by atoms with van der Waals surface area (Å²) in [5.41, 5.74) is 1.33. The molecular weight excluding hydrogens is 188 g/mol. The Morgan fingerprint density at radius 2 is 1.93 bits per heavy atom. The molecule has 0 amide bonds. The van der Waals surface area contributed by atoms with Gasteiger partial charge in [-0.15, -0.1) is 11.8 Å². The molecule has 0 aromatic heterocycles. The molecule has 14 heavy (non-hydrogen) atoms. The van der Waals surface area contributed by atoms with Crippen molar-refractivity contribution in [1.82, 2.24) is 0 Å². The van der Waals surface area contributed by atoms with E-state index in [0.717, 1.165) is 10.7 Å². The van der Waals surface area contributed by atoms with Crippen molar-refractivity contribution in [1.29, 1.82) is 0 Å². The monoisotopic (exact) mass is 202 g/mol. The molecule has 0 aliphatic rings. The van der Waals surface area contributed by atoms with Crippen LogP contribution in [0.4, 0.5) is 0 Å². The van der Waals surface area contributed by atoms with Gasteiger partial charge in [0.15, 0.2) is 0 Å². The van der Waals surface area contributed by atoms with Gasteiger partial charge in [0.05, 0.1) is 0 Å². The molecule has 0 fully saturated rings. The van der Waals surface area contributed by atoms with Gasteiger partial charge in [0.2, 0.25) is 0 Å². The molecule has 0 unspecified atom stereocenters. The van der Waals surface area contributed by atoms with Crippen LogP contribution in [0.1, 0.15) is 5.56 Å². The lowest BCUT2D eigenvalue weighted by Gasteiger charge is -2.01. The molecule has 0 aliphatic heterocycles. The Kier molecular flexibility index (Phi) is 4.87. The quantitative estimate of drug-likeness (QED) is 0.646. The van der Waals surface area contributed by atoms with Crippen molar-refractivity contribution >= 4 is 11.8 Å². The molecule has 1 aromatic rings. The first kappa shape index (κ1) is 10.9. The van der Waals surface area contributed by atoms with Gasteiger partial charge < -0.3 is 0 Å². The Balaban J connectivity index is 2.52. The normalized spacial score (nSPS) is 11.0. The van der Waals surface area contributed by atoms with E-state index < -0.39 is 0 Å². The molecule has 0 N–H and O–H groups in total. The highest BCUT2D eigenvalue weighted by atomic mass is 32.2. The molecule has 0 saturated carbocycles. The standard InChI is InChI=1S/C13H14S/c1-3-8-13(4-2)14-11-12-9-6-5-7-10-12/h3-10H,1-2,11H2/b13-8-. The molecule has 0 radical (unpaired) electrons. The first-order valence-electron chi connectivity index (χ1n) is 4.48. The average molecular weight is 202 g/mol. The van der Waals surface area contributed by atoms with Crippen LogP contribution in [-0.4, -0.2) is 0 Å². The third-order valence-electron chi connectivity index (χ3n) is 1.73. The highest BCUT2D eigenvalue weighted by Gasteiger charge is 1.93. The SMILES string of the molecule is C=C/C=C(/C=C)SCc1ccccc1. The fourth-order valence-electron chi connectivity index (χ4n) is 1.03. The third-order valence-corrected chi connectivity index (χ3v) is 2.85. The van der Waals surface area contributed by atoms with Gasteiger partial charge in [-0.1, -0.05) is 55.6 Å². The zero-order valence-corrected chi connectivity index (χ0v) is 8.96. The van der Waals surface area contributed by atoms with Gasteiger partial charge in [-0.3, -0.25) is 0 Å². The highest BCUT2D eigenvalue weighted by molar-refractivity contribution is 8.02. The first-order valence-corrected chi connectivity index (χ1v) is 5.47. The molecule has 0 saturated heterocycles. The average Bonchev–Trinajstić information content (AvgIpc) is 2.25. The third kappa shape index (κ3) is 3.67. The summed E-state index contributed by atoms with van der Waals surface area (Å²) in [5.74, 6) is 0.979. The Labute approximate surface area is 90.0 Å². The minimum absolute atomic E-state index is 0.979. The summed E-state index contributed by atoms with van der Waals surface area (Å²) in [6.07, 6.45) is 5.62. The van der Waals surface area contributed by atoms with E-state index in [1.165, 1.54) is 5.56 Å². The molecule has 1 rings (SSSR count). The van der Waals surface area contributed by atoms with Crippen LogP contribution in [0.25, 0.3) is 0 Å². The lowest BCUT2D eigenvalue weighted by Crippen LogP contribution is -1.78. The first-order chi connectivity index (χ1) is 6.86. The summed E-state index contributed by atoms with van der Waals surface area (Å²) in [6.45, 7) is 7.42. The number of thioether (sulfide) groups is 1. The number of allylic oxidation sites excluding steroid dienone is 3. The highest BCUT2D eigenvalue weighted by Crippen LogP contribution is 2.21. The van der Waals surface area contributed by atoms with Crippen LogP contribution in [0.5, 0.6) is 0 Å². The van der Waals surface area contributed by atoms with Crippen LogP contribution in [0.2, 0.25) is 0 Å². The van der Waals surface area contributed by atoms with Crippen molar-refractivity contribution in [3.63, 3.8) is 0 Å². The van der Waals surface area contributed by atoms with Gasteiger partial charge in [0.25, 0.3) is 0 Å². The number of hydrogen-bond acceptors (Lipinski definition) is 1. The van der Waals surface area contributed by atoms with E-state index in [-0.39, 0.29) is 0 Å². The molecule has 0 atom stereocenters. The molecule has 1 aromatic carbocycles. The van der Waals surface area contributed by atoms with E-state index in [1.54, 1.807) is 17.8 Å². The molecule has 0 nitrogen and oxygen atoms in total. The topological polar surface area (TPSA) is 0 Å². The number of benzene rings is 1. The van der Waals surface area contributed by atoms with Crippen molar-refractivity contribution in [3.8, 4) is 0 Å². The summed E-state index contributed by atoms with van der Waals surface area (Å²) >= 11 is 1.77. The van der Waals surface area contributed by atoms with Gasteiger partial charge >= 0.3 is 0 Å². The van der Waals surface area contributed by atoms with Crippen LogP contribution in [0, 0.1) is 0 Å². The zero-order chi connectivity index (χ0) is 10.2. The predicted octanol–water partition coefficient (Wildman–Crippen LogP) is 4.18. The number of rotatable bonds is 5. The second-order valence-corrected chi connectivity index (χ2v) is 3.83. The molecule has 1 heteroatoms. The predicted molar refractivity (Wildman–Crippen MR) is 66.2 cm³/mol. The van der Waals surface area contributed by atoms with E-state index in [2.05, 4.69) is 37.4 Å². The lowest BCUT2D eigenvalue weighted by molar-refractivity contribution is 1.42. The molecule has 0 heterocycles. The van der Waals surface area contributed by atoms with Crippen molar-refractivity contribution in [3.05, 3.63) is 72.2 Å². The van der Waals surface area contributed by atoms with Gasteiger partial charge in [0.1, 0.15) is 0 Å². The fraction of sp³-hybridized carbons (Fsp3) is 0.0769. The van der Waals surface area contributed by atoms with E-state index in [4.69, 9.17) is 0 Å². The summed E-state index contributed by atoms with van der Waals surface area (Å²) < 4.78 is 0. The van der Waals surface area contributed by atoms with E-state index in [9.17, 15) is 0 Å². The van der Waals surface area contributed by atoms with Crippen LogP contribution < -0.4 is 0 Å². The molecule has 72 valence electrons. The van der Waals surface area contributed by atoms with Crippen molar-refractivity contribution in [2.75, 3.05) is 0 Å². The Morgan fingerprint density at radius 1 is 1.21 bits per heavy atom. The van der Waals surface area contributed by atoms with Gasteiger partial charge in [0, 0.05) is 10.7 Å². The second-order valence-electron chi connectivity index (χ2n) is 2.78. The second kappa shape index (κ2) is 6.28. The minimum atomic E-state index is 0.979.